The van der Waals surface area contributed by atoms with E-state index < -0.39 is 31.9 Å². The number of fused-ring (bicyclic) bond motifs is 1. The second-order valence-electron chi connectivity index (χ2n) is 8.72. The fraction of sp³-hybridized carbons (Fsp3) is 0.192. The smallest absolute Gasteiger partial charge is 0.307 e. The topological polar surface area (TPSA) is 158 Å². The van der Waals surface area contributed by atoms with Crippen molar-refractivity contribution in [3.05, 3.63) is 88.7 Å². The van der Waals surface area contributed by atoms with E-state index in [-0.39, 0.29) is 39.7 Å². The lowest BCUT2D eigenvalue weighted by atomic mass is 10.2. The first-order valence-electron chi connectivity index (χ1n) is 11.8. The fourth-order valence-electron chi connectivity index (χ4n) is 3.86. The zero-order chi connectivity index (χ0) is 29.1. The molecule has 210 valence electrons. The third-order valence-electron chi connectivity index (χ3n) is 6.00. The molecule has 40 heavy (non-hydrogen) atoms. The van der Waals surface area contributed by atoms with Gasteiger partial charge in [-0.05, 0) is 48.0 Å². The van der Waals surface area contributed by atoms with Gasteiger partial charge in [0.2, 0.25) is 20.0 Å². The van der Waals surface area contributed by atoms with Crippen LogP contribution in [0.4, 0.5) is 0 Å². The molecule has 0 spiro atoms. The number of aromatic nitrogens is 1. The Morgan fingerprint density at radius 2 is 1.62 bits per heavy atom. The average Bonchev–Trinajstić information content (AvgIpc) is 3.27. The van der Waals surface area contributed by atoms with Crippen LogP contribution in [-0.4, -0.2) is 51.7 Å². The van der Waals surface area contributed by atoms with E-state index in [1.165, 1.54) is 60.9 Å². The molecule has 0 saturated heterocycles. The highest BCUT2D eigenvalue weighted by atomic mass is 32.2. The summed E-state index contributed by atoms with van der Waals surface area (Å²) in [6, 6.07) is 18.8. The number of carbonyl (C=O) groups excluding carboxylic acids is 2. The summed E-state index contributed by atoms with van der Waals surface area (Å²) in [6.07, 6.45) is -0.0102. The Hall–Kier alpha value is -3.69. The standard InChI is InChI=1S/C26H26N4O7S3/c1-29(17-18-6-4-3-5-7-18)40(35,36)20-10-8-19(9-11-20)25(32)28-26-30(15-14-24(31)37-2)22-13-12-21(39(27,33)34)16-23(22)38-26/h3-13,16H,14-15,17H2,1-2H3,(H2,27,33,34). The predicted octanol–water partition coefficient (Wildman–Crippen LogP) is 2.48. The van der Waals surface area contributed by atoms with Gasteiger partial charge < -0.3 is 9.30 Å². The lowest BCUT2D eigenvalue weighted by Gasteiger charge is -2.17. The Balaban J connectivity index is 1.65. The summed E-state index contributed by atoms with van der Waals surface area (Å²) >= 11 is 1.05. The number of benzene rings is 3. The summed E-state index contributed by atoms with van der Waals surface area (Å²) in [5, 5.41) is 5.25. The fourth-order valence-corrected chi connectivity index (χ4v) is 6.73. The molecule has 3 aromatic carbocycles. The second kappa shape index (κ2) is 11.8. The number of ether oxygens (including phenoxy) is 1. The van der Waals surface area contributed by atoms with Crippen molar-refractivity contribution in [2.75, 3.05) is 14.2 Å². The molecule has 0 aliphatic carbocycles. The van der Waals surface area contributed by atoms with Crippen molar-refractivity contribution < 1.29 is 31.2 Å². The molecular weight excluding hydrogens is 577 g/mol. The van der Waals surface area contributed by atoms with Crippen LogP contribution in [0.25, 0.3) is 10.2 Å². The van der Waals surface area contributed by atoms with Crippen LogP contribution in [0.1, 0.15) is 22.3 Å². The minimum atomic E-state index is -3.96. The number of methoxy groups -OCH3 is 1. The monoisotopic (exact) mass is 602 g/mol. The number of carbonyl (C=O) groups is 2. The molecule has 14 heteroatoms. The van der Waals surface area contributed by atoms with Crippen LogP contribution in [0.2, 0.25) is 0 Å². The summed E-state index contributed by atoms with van der Waals surface area (Å²) in [4.78, 5) is 29.2. The van der Waals surface area contributed by atoms with Crippen LogP contribution in [0, 0.1) is 0 Å². The lowest BCUT2D eigenvalue weighted by molar-refractivity contribution is -0.140. The van der Waals surface area contributed by atoms with Crippen LogP contribution in [0.5, 0.6) is 0 Å². The molecule has 1 heterocycles. The van der Waals surface area contributed by atoms with Gasteiger partial charge in [0.15, 0.2) is 4.80 Å². The van der Waals surface area contributed by atoms with Gasteiger partial charge in [-0.15, -0.1) is 0 Å². The van der Waals surface area contributed by atoms with E-state index >= 15 is 0 Å². The number of hydrogen-bond acceptors (Lipinski definition) is 8. The molecular formula is C26H26N4O7S3. The number of rotatable bonds is 9. The highest BCUT2D eigenvalue weighted by Crippen LogP contribution is 2.22. The molecule has 2 N–H and O–H groups in total. The molecule has 0 unspecified atom stereocenters. The summed E-state index contributed by atoms with van der Waals surface area (Å²) in [6.45, 7) is 0.308. The van der Waals surface area contributed by atoms with Gasteiger partial charge in [-0.25, -0.2) is 22.0 Å². The zero-order valence-electron chi connectivity index (χ0n) is 21.6. The zero-order valence-corrected chi connectivity index (χ0v) is 24.0. The van der Waals surface area contributed by atoms with Gasteiger partial charge in [-0.3, -0.25) is 9.59 Å². The van der Waals surface area contributed by atoms with Crippen molar-refractivity contribution in [1.82, 2.24) is 8.87 Å². The average molecular weight is 603 g/mol. The van der Waals surface area contributed by atoms with E-state index in [9.17, 15) is 26.4 Å². The molecule has 0 aliphatic heterocycles. The molecule has 0 fully saturated rings. The van der Waals surface area contributed by atoms with Crippen LogP contribution < -0.4 is 9.94 Å². The number of sulfonamides is 2. The first kappa shape index (κ1) is 29.3. The molecule has 0 radical (unpaired) electrons. The molecule has 0 saturated carbocycles. The van der Waals surface area contributed by atoms with Gasteiger partial charge in [0.1, 0.15) is 0 Å². The van der Waals surface area contributed by atoms with Gasteiger partial charge in [0, 0.05) is 25.7 Å². The number of aryl methyl sites for hydroxylation is 1. The highest BCUT2D eigenvalue weighted by Gasteiger charge is 2.21. The quantitative estimate of drug-likeness (QED) is 0.288. The number of nitrogens with two attached hydrogens (primary N) is 1. The van der Waals surface area contributed by atoms with Crippen molar-refractivity contribution in [2.24, 2.45) is 10.1 Å². The summed E-state index contributed by atoms with van der Waals surface area (Å²) < 4.78 is 57.7. The van der Waals surface area contributed by atoms with E-state index in [4.69, 9.17) is 9.88 Å². The molecule has 0 bridgehead atoms. The third-order valence-corrected chi connectivity index (χ3v) is 9.77. The number of amides is 1. The van der Waals surface area contributed by atoms with Crippen molar-refractivity contribution in [1.29, 1.82) is 0 Å². The first-order valence-corrected chi connectivity index (χ1v) is 15.6. The lowest BCUT2D eigenvalue weighted by Crippen LogP contribution is -2.26. The Morgan fingerprint density at radius 1 is 0.975 bits per heavy atom. The van der Waals surface area contributed by atoms with Crippen LogP contribution >= 0.6 is 11.3 Å². The van der Waals surface area contributed by atoms with Gasteiger partial charge >= 0.3 is 5.97 Å². The summed E-state index contributed by atoms with van der Waals surface area (Å²) in [5.74, 6) is -1.12. The van der Waals surface area contributed by atoms with E-state index in [1.807, 2.05) is 30.3 Å². The molecule has 1 amide bonds. The Bertz CT molecular complexity index is 1850. The predicted molar refractivity (Wildman–Crippen MR) is 149 cm³/mol. The Labute approximate surface area is 235 Å². The van der Waals surface area contributed by atoms with Crippen molar-refractivity contribution >= 4 is 53.5 Å². The van der Waals surface area contributed by atoms with Crippen molar-refractivity contribution in [3.63, 3.8) is 0 Å². The SMILES string of the molecule is COC(=O)CCn1c(=NC(=O)c2ccc(S(=O)(=O)N(C)Cc3ccccc3)cc2)sc2cc(S(N)(=O)=O)ccc21. The largest absolute Gasteiger partial charge is 0.469 e. The molecule has 0 atom stereocenters. The third kappa shape index (κ3) is 6.54. The molecule has 11 nitrogen and oxygen atoms in total. The highest BCUT2D eigenvalue weighted by molar-refractivity contribution is 7.89. The summed E-state index contributed by atoms with van der Waals surface area (Å²) in [5.41, 5.74) is 1.53. The van der Waals surface area contributed by atoms with Gasteiger partial charge in [0.05, 0.1) is 33.5 Å². The van der Waals surface area contributed by atoms with E-state index in [0.29, 0.717) is 10.2 Å². The number of esters is 1. The van der Waals surface area contributed by atoms with E-state index in [2.05, 4.69) is 4.99 Å². The van der Waals surface area contributed by atoms with Gasteiger partial charge in [0.25, 0.3) is 5.91 Å². The van der Waals surface area contributed by atoms with E-state index in [0.717, 1.165) is 16.9 Å². The number of hydrogen-bond donors (Lipinski definition) is 1. The Kier molecular flexibility index (Phi) is 8.65. The molecule has 0 aliphatic rings. The second-order valence-corrected chi connectivity index (χ2v) is 13.3. The maximum Gasteiger partial charge on any atom is 0.307 e. The maximum absolute atomic E-state index is 13.1. The Morgan fingerprint density at radius 3 is 2.25 bits per heavy atom. The number of nitrogens with zero attached hydrogens (tertiary/aromatic N) is 3. The van der Waals surface area contributed by atoms with Crippen LogP contribution in [-0.2, 0) is 42.7 Å². The minimum Gasteiger partial charge on any atom is -0.469 e. The molecule has 4 aromatic rings. The number of primary sulfonamides is 1. The van der Waals surface area contributed by atoms with Gasteiger partial charge in [-0.2, -0.15) is 9.30 Å². The van der Waals surface area contributed by atoms with Crippen LogP contribution in [0.15, 0.2) is 87.6 Å². The molecule has 4 rings (SSSR count). The molecule has 1 aromatic heterocycles. The van der Waals surface area contributed by atoms with E-state index in [1.54, 1.807) is 4.57 Å². The maximum atomic E-state index is 13.1. The summed E-state index contributed by atoms with van der Waals surface area (Å²) in [7, 11) is -5.03. The number of thiazole rings is 1. The minimum absolute atomic E-state index is 0.0102. The van der Waals surface area contributed by atoms with Crippen LogP contribution in [0.3, 0.4) is 0 Å². The first-order chi connectivity index (χ1) is 18.9. The van der Waals surface area contributed by atoms with Crippen molar-refractivity contribution in [3.8, 4) is 0 Å². The van der Waals surface area contributed by atoms with Gasteiger partial charge in [-0.1, -0.05) is 41.7 Å². The normalized spacial score (nSPS) is 12.7. The van der Waals surface area contributed by atoms with Crippen molar-refractivity contribution in [2.45, 2.75) is 29.3 Å².